The fourth-order valence-corrected chi connectivity index (χ4v) is 18.8. The van der Waals surface area contributed by atoms with E-state index >= 15 is 0 Å². The monoisotopic (exact) mass is 1660 g/mol. The van der Waals surface area contributed by atoms with Gasteiger partial charge < -0.3 is 22.1 Å². The van der Waals surface area contributed by atoms with E-state index in [1.54, 1.807) is 0 Å². The van der Waals surface area contributed by atoms with E-state index in [4.69, 9.17) is 52.0 Å². The number of fused-ring (bicyclic) bond motifs is 20. The van der Waals surface area contributed by atoms with Crippen LogP contribution in [0.3, 0.4) is 0 Å². The van der Waals surface area contributed by atoms with Crippen LogP contribution >= 0.6 is 11.3 Å². The molecule has 0 spiro atoms. The van der Waals surface area contributed by atoms with Gasteiger partial charge in [-0.2, -0.15) is 0 Å². The molecule has 0 saturated carbocycles. The predicted molar refractivity (Wildman–Crippen MR) is 524 cm³/mol. The first-order chi connectivity index (χ1) is 63.4. The number of furan rings is 1. The first-order valence-electron chi connectivity index (χ1n) is 42.4. The molecule has 27 rings (SSSR count). The van der Waals surface area contributed by atoms with Crippen molar-refractivity contribution in [3.63, 3.8) is 0 Å². The molecule has 0 unspecified atom stereocenters. The van der Waals surface area contributed by atoms with E-state index in [1.165, 1.54) is 36.7 Å². The molecule has 600 valence electrons. The van der Waals surface area contributed by atoms with Gasteiger partial charge >= 0.3 is 0 Å². The minimum absolute atomic E-state index is 0.617. The highest BCUT2D eigenvalue weighted by Gasteiger charge is 2.22. The topological polar surface area (TPSA) is 156 Å². The van der Waals surface area contributed by atoms with Crippen LogP contribution in [0.2, 0.25) is 0 Å². The van der Waals surface area contributed by atoms with Crippen molar-refractivity contribution in [2.75, 3.05) is 0 Å². The zero-order valence-corrected chi connectivity index (χ0v) is 69.2. The maximum atomic E-state index is 6.29. The van der Waals surface area contributed by atoms with Gasteiger partial charge in [0, 0.05) is 114 Å². The number of aromatic nitrogens is 7. The number of para-hydroxylation sites is 3. The summed E-state index contributed by atoms with van der Waals surface area (Å²) in [7, 11) is 0. The van der Waals surface area contributed by atoms with E-state index in [2.05, 4.69) is 211 Å². The van der Waals surface area contributed by atoms with E-state index in [0.29, 0.717) is 29.4 Å². The molecule has 0 radical (unpaired) electrons. The molecule has 0 amide bonds. The molecule has 128 heavy (non-hydrogen) atoms. The SMILES string of the molecule is c1ccc(-c2nc3ccc4ccc(-c5cccc6c5oc5ccccc56)cc4c3o2)cc1.c1ccc(-c2nc3ccc4ccc(-c5cccc6c5sc5ccccc56)cc4c3o2)cc1.c1ccc(-c2nc3ccc4ccc(-c5nc(-c6ccccc6)c6ccccc6n5)cc4c3o2)cc1.c1ccc(-c2nc3ccc4ccc(-c5nccc6ccccc56)cc4c3o2)cc1. The van der Waals surface area contributed by atoms with Crippen LogP contribution < -0.4 is 0 Å². The highest BCUT2D eigenvalue weighted by Crippen LogP contribution is 2.45. The second kappa shape index (κ2) is 31.6. The first-order valence-corrected chi connectivity index (χ1v) is 43.2. The van der Waals surface area contributed by atoms with Gasteiger partial charge in [0.25, 0.3) is 0 Å². The molecule has 0 N–H and O–H groups in total. The third kappa shape index (κ3) is 13.6. The van der Waals surface area contributed by atoms with Gasteiger partial charge in [-0.25, -0.2) is 29.9 Å². The number of oxazole rings is 4. The van der Waals surface area contributed by atoms with Crippen molar-refractivity contribution in [1.82, 2.24) is 34.9 Å². The van der Waals surface area contributed by atoms with Crippen LogP contribution in [0.25, 0.3) is 253 Å². The van der Waals surface area contributed by atoms with Crippen LogP contribution in [0, 0.1) is 0 Å². The lowest BCUT2D eigenvalue weighted by atomic mass is 9.99. The van der Waals surface area contributed by atoms with Crippen LogP contribution in [-0.4, -0.2) is 34.9 Å². The Kier molecular flexibility index (Phi) is 18.5. The largest absolute Gasteiger partial charge is 0.455 e. The molecule has 19 aromatic carbocycles. The van der Waals surface area contributed by atoms with Crippen LogP contribution in [-0.2, 0) is 0 Å². The van der Waals surface area contributed by atoms with E-state index in [9.17, 15) is 0 Å². The van der Waals surface area contributed by atoms with Crippen molar-refractivity contribution in [2.45, 2.75) is 0 Å². The fourth-order valence-electron chi connectivity index (χ4n) is 17.6. The number of pyridine rings is 1. The normalized spacial score (nSPS) is 11.6. The summed E-state index contributed by atoms with van der Waals surface area (Å²) in [5.41, 5.74) is 22.9. The summed E-state index contributed by atoms with van der Waals surface area (Å²) in [5.74, 6) is 3.24. The lowest BCUT2D eigenvalue weighted by Gasteiger charge is -2.10. The number of thiophene rings is 1. The Morgan fingerprint density at radius 3 is 1.11 bits per heavy atom. The summed E-state index contributed by atoms with van der Waals surface area (Å²) in [6, 6.07) is 141. The Morgan fingerprint density at radius 1 is 0.195 bits per heavy atom. The zero-order chi connectivity index (χ0) is 84.5. The quantitative estimate of drug-likeness (QED) is 0.135. The van der Waals surface area contributed by atoms with Crippen molar-refractivity contribution >= 4 is 163 Å². The van der Waals surface area contributed by atoms with Gasteiger partial charge in [-0.3, -0.25) is 4.98 Å². The lowest BCUT2D eigenvalue weighted by Crippen LogP contribution is -1.95. The van der Waals surface area contributed by atoms with E-state index in [1.807, 2.05) is 224 Å². The highest BCUT2D eigenvalue weighted by atomic mass is 32.1. The van der Waals surface area contributed by atoms with Crippen LogP contribution in [0.15, 0.2) is 441 Å². The molecule has 0 aliphatic carbocycles. The number of hydrogen-bond donors (Lipinski definition) is 0. The number of rotatable bonds is 9. The first kappa shape index (κ1) is 74.7. The Bertz CT molecular complexity index is 8700. The molecular formula is C115H69N7O5S. The number of hydrogen-bond acceptors (Lipinski definition) is 13. The predicted octanol–water partition coefficient (Wildman–Crippen LogP) is 31.7. The van der Waals surface area contributed by atoms with E-state index in [-0.39, 0.29) is 0 Å². The second-order valence-electron chi connectivity index (χ2n) is 31.7. The van der Waals surface area contributed by atoms with Crippen molar-refractivity contribution < 1.29 is 22.1 Å². The maximum Gasteiger partial charge on any atom is 0.227 e. The van der Waals surface area contributed by atoms with Gasteiger partial charge in [0.2, 0.25) is 23.6 Å². The molecule has 0 bridgehead atoms. The lowest BCUT2D eigenvalue weighted by molar-refractivity contribution is 0.622. The Morgan fingerprint density at radius 2 is 0.578 bits per heavy atom. The minimum atomic E-state index is 0.617. The molecule has 27 aromatic rings. The smallest absolute Gasteiger partial charge is 0.227 e. The summed E-state index contributed by atoms with van der Waals surface area (Å²) in [5, 5.41) is 16.9. The number of benzene rings is 19. The van der Waals surface area contributed by atoms with Crippen molar-refractivity contribution in [3.8, 4) is 102 Å². The van der Waals surface area contributed by atoms with Gasteiger partial charge in [-0.05, 0) is 165 Å². The average molecular weight is 1660 g/mol. The fraction of sp³-hybridized carbons (Fsp3) is 0. The summed E-state index contributed by atoms with van der Waals surface area (Å²) >= 11 is 1.86. The van der Waals surface area contributed by atoms with E-state index in [0.717, 1.165) is 187 Å². The standard InChI is InChI=1S/C31H19N3O.C29H17NO2.C29H17NOS.C26H16N2O/c1-3-9-21(10-4-1)28-24-13-7-8-14-26(24)32-30(34-28)23-16-15-20-17-18-27-29(25(20)19-23)35-31(33-27)22-11-5-2-6-12-22;1-2-7-19(8-3-1)29-30-25-16-15-18-13-14-20(17-24(18)28(25)32-29)21-10-6-11-23-22-9-4-5-12-26(22)31-27(21)23;1-2-7-19(8-3-1)29-30-25-16-15-18-13-14-20(17-24(18)27(25)31-29)21-10-6-11-23-22-9-4-5-12-26(22)32-28(21)23;1-2-7-19(8-3-1)26-28-23-13-12-18-10-11-20(16-22(18)25(23)29-26)24-21-9-5-4-6-17(21)14-15-27-24/h1-19H;2*1-17H;1-16H. The summed E-state index contributed by atoms with van der Waals surface area (Å²) in [6.45, 7) is 0. The third-order valence-corrected chi connectivity index (χ3v) is 25.1. The second-order valence-corrected chi connectivity index (χ2v) is 32.7. The number of nitrogens with zero attached hydrogens (tertiary/aromatic N) is 7. The Hall–Kier alpha value is -17.1. The molecule has 0 atom stereocenters. The van der Waals surface area contributed by atoms with Crippen molar-refractivity contribution in [1.29, 1.82) is 0 Å². The molecule has 13 heteroatoms. The van der Waals surface area contributed by atoms with Crippen molar-refractivity contribution in [2.24, 2.45) is 0 Å². The van der Waals surface area contributed by atoms with Gasteiger partial charge in [-0.15, -0.1) is 11.3 Å². The van der Waals surface area contributed by atoms with Gasteiger partial charge in [0.1, 0.15) is 33.2 Å². The summed E-state index contributed by atoms with van der Waals surface area (Å²) < 4.78 is 33.9. The summed E-state index contributed by atoms with van der Waals surface area (Å²) in [6.07, 6.45) is 1.87. The van der Waals surface area contributed by atoms with Crippen LogP contribution in [0.4, 0.5) is 0 Å². The molecule has 0 saturated heterocycles. The third-order valence-electron chi connectivity index (χ3n) is 23.9. The van der Waals surface area contributed by atoms with E-state index < -0.39 is 0 Å². The van der Waals surface area contributed by atoms with Gasteiger partial charge in [0.15, 0.2) is 28.2 Å². The molecule has 0 aliphatic rings. The Labute approximate surface area is 735 Å². The molecule has 8 heterocycles. The molecule has 8 aromatic heterocycles. The van der Waals surface area contributed by atoms with Crippen LogP contribution in [0.1, 0.15) is 0 Å². The maximum absolute atomic E-state index is 6.29. The average Bonchev–Trinajstić information content (AvgIpc) is 1.51. The zero-order valence-electron chi connectivity index (χ0n) is 68.4. The Balaban J connectivity index is 0.0000000952. The minimum Gasteiger partial charge on any atom is -0.455 e. The summed E-state index contributed by atoms with van der Waals surface area (Å²) in [4.78, 5) is 33.5. The van der Waals surface area contributed by atoms with Gasteiger partial charge in [-0.1, -0.05) is 291 Å². The molecule has 12 nitrogen and oxygen atoms in total. The molecular weight excluding hydrogens is 1590 g/mol. The molecule has 0 aliphatic heterocycles. The highest BCUT2D eigenvalue weighted by molar-refractivity contribution is 7.26. The van der Waals surface area contributed by atoms with Crippen LogP contribution in [0.5, 0.6) is 0 Å². The van der Waals surface area contributed by atoms with Gasteiger partial charge in [0.05, 0.1) is 16.9 Å². The molecule has 0 fully saturated rings. The van der Waals surface area contributed by atoms with Crippen molar-refractivity contribution in [3.05, 3.63) is 419 Å².